The van der Waals surface area contributed by atoms with Crippen molar-refractivity contribution in [1.82, 2.24) is 0 Å². The summed E-state index contributed by atoms with van der Waals surface area (Å²) >= 11 is 6.81. The Bertz CT molecular complexity index is 1590. The second kappa shape index (κ2) is 20.0. The van der Waals surface area contributed by atoms with E-state index >= 15 is 0 Å². The molecule has 8 heteroatoms. The number of ether oxygens (including phenoxy) is 2. The first-order valence-corrected chi connectivity index (χ1v) is 16.0. The molecule has 4 rings (SSSR count). The minimum absolute atomic E-state index is 0.143. The van der Waals surface area contributed by atoms with Crippen molar-refractivity contribution < 1.29 is 24.2 Å². The Morgan fingerprint density at radius 3 is 1.58 bits per heavy atom. The van der Waals surface area contributed by atoms with E-state index in [2.05, 4.69) is 50.9 Å². The molecule has 6 nitrogen and oxygen atoms in total. The summed E-state index contributed by atoms with van der Waals surface area (Å²) in [5.41, 5.74) is 12.2. The first-order valence-electron chi connectivity index (χ1n) is 14.4. The molecular formula is C37H39Br2NO5. The van der Waals surface area contributed by atoms with Crippen molar-refractivity contribution in [3.63, 3.8) is 0 Å². The minimum Gasteiger partial charge on any atom is -0.515 e. The molecule has 0 amide bonds. The first kappa shape index (κ1) is 37.0. The van der Waals surface area contributed by atoms with Gasteiger partial charge in [-0.15, -0.1) is 0 Å². The Kier molecular flexibility index (Phi) is 16.5. The van der Waals surface area contributed by atoms with Gasteiger partial charge in [-0.05, 0) is 69.0 Å². The van der Waals surface area contributed by atoms with Gasteiger partial charge in [-0.2, -0.15) is 0 Å². The van der Waals surface area contributed by atoms with E-state index in [1.165, 1.54) is 11.1 Å². The summed E-state index contributed by atoms with van der Waals surface area (Å²) < 4.78 is 11.6. The highest BCUT2D eigenvalue weighted by Gasteiger charge is 2.16. The number of anilines is 1. The fraction of sp³-hybridized carbons (Fsp3) is 0.189. The summed E-state index contributed by atoms with van der Waals surface area (Å²) in [7, 11) is 0. The highest BCUT2D eigenvalue weighted by Crippen LogP contribution is 2.26. The first-order chi connectivity index (χ1) is 21.6. The van der Waals surface area contributed by atoms with Crippen LogP contribution < -0.4 is 5.73 Å². The number of halogens is 2. The number of allylic oxidation sites excluding steroid dienone is 1. The molecule has 0 unspecified atom stereocenters. The number of carbonyl (C=O) groups is 2. The van der Waals surface area contributed by atoms with Gasteiger partial charge in [0.15, 0.2) is 0 Å². The number of benzene rings is 4. The zero-order valence-corrected chi connectivity index (χ0v) is 29.1. The summed E-state index contributed by atoms with van der Waals surface area (Å²) in [6.07, 6.45) is 3.40. The van der Waals surface area contributed by atoms with Crippen LogP contribution in [0, 0.1) is 13.8 Å². The van der Waals surface area contributed by atoms with E-state index in [4.69, 9.17) is 20.3 Å². The molecule has 0 atom stereocenters. The molecule has 0 bridgehead atoms. The molecule has 0 fully saturated rings. The van der Waals surface area contributed by atoms with E-state index < -0.39 is 5.97 Å². The maximum atomic E-state index is 12.3. The molecule has 45 heavy (non-hydrogen) atoms. The predicted molar refractivity (Wildman–Crippen MR) is 191 cm³/mol. The molecular weight excluding hydrogens is 698 g/mol. The number of aryl methyl sites for hydroxylation is 2. The number of aliphatic hydroxyl groups excluding tert-OH is 1. The monoisotopic (exact) mass is 735 g/mol. The number of nitrogen functional groups attached to an aromatic ring is 1. The average Bonchev–Trinajstić information content (AvgIpc) is 3.03. The number of aliphatic hydroxyl groups is 1. The van der Waals surface area contributed by atoms with Gasteiger partial charge in [0.05, 0.1) is 25.0 Å². The zero-order chi connectivity index (χ0) is 33.2. The van der Waals surface area contributed by atoms with Gasteiger partial charge in [-0.3, -0.25) is 0 Å². The number of hydrogen-bond acceptors (Lipinski definition) is 6. The number of nitrogens with two attached hydrogens (primary N) is 1. The number of hydrogen-bond donors (Lipinski definition) is 2. The lowest BCUT2D eigenvalue weighted by molar-refractivity contribution is -0.137. The van der Waals surface area contributed by atoms with Crippen molar-refractivity contribution in [2.24, 2.45) is 0 Å². The maximum Gasteiger partial charge on any atom is 0.341 e. The molecule has 0 aliphatic carbocycles. The fourth-order valence-corrected chi connectivity index (χ4v) is 4.95. The van der Waals surface area contributed by atoms with Gasteiger partial charge < -0.3 is 20.3 Å². The summed E-state index contributed by atoms with van der Waals surface area (Å²) in [4.78, 5) is 23.7. The van der Waals surface area contributed by atoms with Crippen LogP contribution in [0.4, 0.5) is 5.69 Å². The summed E-state index contributed by atoms with van der Waals surface area (Å²) in [6, 6.07) is 30.8. The highest BCUT2D eigenvalue weighted by atomic mass is 79.9. The molecule has 3 N–H and O–H groups in total. The van der Waals surface area contributed by atoms with Crippen LogP contribution in [-0.4, -0.2) is 30.3 Å². The quantitative estimate of drug-likeness (QED) is 0.0810. The summed E-state index contributed by atoms with van der Waals surface area (Å²) in [5.74, 6) is -0.824. The van der Waals surface area contributed by atoms with Crippen LogP contribution in [0.3, 0.4) is 0 Å². The molecule has 0 spiro atoms. The van der Waals surface area contributed by atoms with Crippen molar-refractivity contribution >= 4 is 60.6 Å². The topological polar surface area (TPSA) is 98.8 Å². The SMILES string of the molecule is CCOC(=O)C(=CCc1ccccc1C)c1ccccc1Br.CCOC(=O)C(=CO)c1ccccc1Br.Cc1ccccc1N. The van der Waals surface area contributed by atoms with Crippen LogP contribution >= 0.6 is 31.9 Å². The van der Waals surface area contributed by atoms with Gasteiger partial charge in [0, 0.05) is 25.8 Å². The molecule has 4 aromatic rings. The molecule has 0 saturated heterocycles. The number of para-hydroxylation sites is 1. The van der Waals surface area contributed by atoms with Crippen LogP contribution in [0.1, 0.15) is 41.7 Å². The van der Waals surface area contributed by atoms with Gasteiger partial charge in [-0.25, -0.2) is 9.59 Å². The maximum absolute atomic E-state index is 12.3. The van der Waals surface area contributed by atoms with Crippen molar-refractivity contribution in [3.8, 4) is 0 Å². The van der Waals surface area contributed by atoms with Crippen molar-refractivity contribution in [2.45, 2.75) is 34.1 Å². The van der Waals surface area contributed by atoms with Gasteiger partial charge in [-0.1, -0.05) is 117 Å². The van der Waals surface area contributed by atoms with Crippen LogP contribution in [0.5, 0.6) is 0 Å². The largest absolute Gasteiger partial charge is 0.515 e. The fourth-order valence-electron chi connectivity index (χ4n) is 3.95. The molecule has 0 aliphatic rings. The normalized spacial score (nSPS) is 10.9. The molecule has 236 valence electrons. The number of rotatable bonds is 8. The standard InChI is InChI=1S/C19H19BrO2.C11H11BrO3.C7H9N/c1-3-22-19(21)17(16-10-6-7-11-18(16)20)13-12-15-9-5-4-8-14(15)2;1-2-15-11(14)9(7-13)8-5-3-4-6-10(8)12;1-6-4-2-3-5-7(6)8/h4-11,13H,3,12H2,1-2H3;3-7,13H,2H2,1H3;2-5H,8H2,1H3. The highest BCUT2D eigenvalue weighted by molar-refractivity contribution is 9.10. The van der Waals surface area contributed by atoms with Crippen LogP contribution in [0.25, 0.3) is 11.1 Å². The Labute approximate surface area is 282 Å². The van der Waals surface area contributed by atoms with Crippen molar-refractivity contribution in [3.05, 3.63) is 146 Å². The summed E-state index contributed by atoms with van der Waals surface area (Å²) in [6.45, 7) is 8.25. The minimum atomic E-state index is -0.535. The molecule has 0 radical (unpaired) electrons. The van der Waals surface area contributed by atoms with Crippen LogP contribution in [0.2, 0.25) is 0 Å². The van der Waals surface area contributed by atoms with E-state index in [1.807, 2.05) is 86.7 Å². The van der Waals surface area contributed by atoms with E-state index in [-0.39, 0.29) is 18.1 Å². The Morgan fingerprint density at radius 1 is 0.689 bits per heavy atom. The van der Waals surface area contributed by atoms with Gasteiger partial charge in [0.25, 0.3) is 0 Å². The van der Waals surface area contributed by atoms with Gasteiger partial charge in [0.2, 0.25) is 0 Å². The van der Waals surface area contributed by atoms with Crippen molar-refractivity contribution in [2.75, 3.05) is 18.9 Å². The Balaban J connectivity index is 0.000000263. The van der Waals surface area contributed by atoms with Crippen LogP contribution in [-0.2, 0) is 25.5 Å². The lowest BCUT2D eigenvalue weighted by Crippen LogP contribution is -2.08. The van der Waals surface area contributed by atoms with E-state index in [1.54, 1.807) is 25.1 Å². The third-order valence-electron chi connectivity index (χ3n) is 6.42. The van der Waals surface area contributed by atoms with E-state index in [0.29, 0.717) is 24.2 Å². The molecule has 0 saturated carbocycles. The molecule has 0 aliphatic heterocycles. The van der Waals surface area contributed by atoms with Gasteiger partial charge >= 0.3 is 11.9 Å². The Morgan fingerprint density at radius 2 is 1.13 bits per heavy atom. The number of esters is 2. The third kappa shape index (κ3) is 12.0. The van der Waals surface area contributed by atoms with E-state index in [0.717, 1.165) is 32.0 Å². The van der Waals surface area contributed by atoms with Crippen LogP contribution in [0.15, 0.2) is 118 Å². The molecule has 4 aromatic carbocycles. The zero-order valence-electron chi connectivity index (χ0n) is 25.9. The second-order valence-corrected chi connectivity index (χ2v) is 11.3. The van der Waals surface area contributed by atoms with Gasteiger partial charge in [0.1, 0.15) is 5.57 Å². The lowest BCUT2D eigenvalue weighted by Gasteiger charge is -2.10. The number of carbonyl (C=O) groups excluding carboxylic acids is 2. The summed E-state index contributed by atoms with van der Waals surface area (Å²) in [5, 5.41) is 9.02. The molecule has 0 aromatic heterocycles. The lowest BCUT2D eigenvalue weighted by atomic mass is 10.0. The second-order valence-electron chi connectivity index (χ2n) is 9.55. The van der Waals surface area contributed by atoms with E-state index in [9.17, 15) is 9.59 Å². The molecule has 0 heterocycles. The third-order valence-corrected chi connectivity index (χ3v) is 7.81. The average molecular weight is 738 g/mol. The predicted octanol–water partition coefficient (Wildman–Crippen LogP) is 9.44. The Hall–Kier alpha value is -4.14. The van der Waals surface area contributed by atoms with Crippen molar-refractivity contribution in [1.29, 1.82) is 0 Å². The smallest absolute Gasteiger partial charge is 0.341 e.